The van der Waals surface area contributed by atoms with Crippen molar-refractivity contribution in [3.63, 3.8) is 0 Å². The number of carbonyl (C=O) groups excluding carboxylic acids is 1. The van der Waals surface area contributed by atoms with E-state index < -0.39 is 11.0 Å². The highest BCUT2D eigenvalue weighted by Crippen LogP contribution is 2.38. The van der Waals surface area contributed by atoms with Gasteiger partial charge in [0.1, 0.15) is 17.5 Å². The summed E-state index contributed by atoms with van der Waals surface area (Å²) in [5, 5.41) is 12.0. The first kappa shape index (κ1) is 31.7. The van der Waals surface area contributed by atoms with E-state index in [1.54, 1.807) is 55.3 Å². The molecule has 1 amide bonds. The maximum Gasteiger partial charge on any atom is 0.283 e. The maximum atomic E-state index is 14.2. The molecule has 10 nitrogen and oxygen atoms in total. The Labute approximate surface area is 268 Å². The lowest BCUT2D eigenvalue weighted by Gasteiger charge is -2.30. The first-order chi connectivity index (χ1) is 21.7. The van der Waals surface area contributed by atoms with E-state index in [-0.39, 0.29) is 17.2 Å². The van der Waals surface area contributed by atoms with Crippen LogP contribution in [0.25, 0.3) is 6.08 Å². The van der Waals surface area contributed by atoms with Crippen LogP contribution in [0.1, 0.15) is 37.9 Å². The van der Waals surface area contributed by atoms with E-state index in [1.165, 1.54) is 29.5 Å². The van der Waals surface area contributed by atoms with Crippen LogP contribution in [0.2, 0.25) is 0 Å². The Kier molecular flexibility index (Phi) is 9.54. The summed E-state index contributed by atoms with van der Waals surface area (Å²) in [5.74, 6) is 0.794. The number of thiazole rings is 1. The number of nitro groups is 1. The maximum absolute atomic E-state index is 14.2. The molecule has 0 N–H and O–H groups in total. The zero-order valence-electron chi connectivity index (χ0n) is 25.5. The fourth-order valence-corrected chi connectivity index (χ4v) is 7.21. The third-order valence-electron chi connectivity index (χ3n) is 7.48. The molecular formula is C33H32N4O6S2. The summed E-state index contributed by atoms with van der Waals surface area (Å²) in [4.78, 5) is 47.9. The second kappa shape index (κ2) is 13.5. The van der Waals surface area contributed by atoms with E-state index >= 15 is 0 Å². The van der Waals surface area contributed by atoms with Crippen molar-refractivity contribution in [3.8, 4) is 11.5 Å². The lowest BCUT2D eigenvalue weighted by atomic mass is 9.93. The van der Waals surface area contributed by atoms with Crippen LogP contribution in [0.5, 0.6) is 11.5 Å². The monoisotopic (exact) mass is 644 g/mol. The van der Waals surface area contributed by atoms with Crippen molar-refractivity contribution in [2.24, 2.45) is 4.99 Å². The molecule has 5 rings (SSSR count). The number of hydrogen-bond donors (Lipinski definition) is 0. The van der Waals surface area contributed by atoms with Gasteiger partial charge in [-0.25, -0.2) is 4.99 Å². The van der Waals surface area contributed by atoms with Crippen molar-refractivity contribution in [1.29, 1.82) is 0 Å². The highest BCUT2D eigenvalue weighted by molar-refractivity contribution is 7.99. The minimum absolute atomic E-state index is 0.0627. The predicted octanol–water partition coefficient (Wildman–Crippen LogP) is 5.18. The van der Waals surface area contributed by atoms with Crippen LogP contribution in [0.15, 0.2) is 97.6 Å². The molecule has 0 aliphatic carbocycles. The number of amides is 1. The molecule has 3 aromatic carbocycles. The number of aromatic nitrogens is 1. The first-order valence-electron chi connectivity index (χ1n) is 14.3. The summed E-state index contributed by atoms with van der Waals surface area (Å²) in [7, 11) is 3.08. The van der Waals surface area contributed by atoms with Crippen LogP contribution < -0.4 is 24.4 Å². The third kappa shape index (κ3) is 6.29. The van der Waals surface area contributed by atoms with Crippen molar-refractivity contribution >= 4 is 40.8 Å². The highest BCUT2D eigenvalue weighted by atomic mass is 32.2. The fourth-order valence-electron chi connectivity index (χ4n) is 5.24. The predicted molar refractivity (Wildman–Crippen MR) is 175 cm³/mol. The Balaban J connectivity index is 1.69. The van der Waals surface area contributed by atoms with Crippen LogP contribution >= 0.6 is 23.1 Å². The second-order valence-electron chi connectivity index (χ2n) is 10.1. The van der Waals surface area contributed by atoms with Crippen LogP contribution in [0, 0.1) is 10.1 Å². The summed E-state index contributed by atoms with van der Waals surface area (Å²) in [6.07, 6.45) is 1.62. The Morgan fingerprint density at radius 2 is 1.82 bits per heavy atom. The molecule has 1 aliphatic heterocycles. The summed E-state index contributed by atoms with van der Waals surface area (Å²) < 4.78 is 13.0. The topological polar surface area (TPSA) is 116 Å². The van der Waals surface area contributed by atoms with Crippen molar-refractivity contribution < 1.29 is 19.2 Å². The number of nitro benzene ring substituents is 1. The van der Waals surface area contributed by atoms with Gasteiger partial charge in [-0.1, -0.05) is 47.4 Å². The number of carbonyl (C=O) groups is 1. The van der Waals surface area contributed by atoms with Gasteiger partial charge in [-0.2, -0.15) is 0 Å². The van der Waals surface area contributed by atoms with E-state index in [9.17, 15) is 19.7 Å². The van der Waals surface area contributed by atoms with Gasteiger partial charge in [0, 0.05) is 29.6 Å². The van der Waals surface area contributed by atoms with Gasteiger partial charge < -0.3 is 14.4 Å². The van der Waals surface area contributed by atoms with Crippen LogP contribution in [0.3, 0.4) is 0 Å². The Bertz CT molecular complexity index is 1980. The van der Waals surface area contributed by atoms with E-state index in [1.807, 2.05) is 44.2 Å². The Morgan fingerprint density at radius 1 is 1.09 bits per heavy atom. The summed E-state index contributed by atoms with van der Waals surface area (Å²) in [6, 6.07) is 18.7. The number of rotatable bonds is 10. The standard InChI is InChI=1S/C33H32N4O6S2/c1-6-35(7-2)32(39)29-20(3)34-33-36(30(29)24-19-22(42-4)14-15-26(24)43-5)31(38)28(45-33)18-21-13-16-27(25(17-21)37(40)41)44-23-11-9-8-10-12-23/h8-19,30H,6-7H2,1-5H3/b28-18-/t30-/m0/s1. The molecule has 1 aliphatic rings. The van der Waals surface area contributed by atoms with Crippen LogP contribution in [0.4, 0.5) is 5.69 Å². The Morgan fingerprint density at radius 3 is 2.47 bits per heavy atom. The zero-order chi connectivity index (χ0) is 32.2. The lowest BCUT2D eigenvalue weighted by Crippen LogP contribution is -2.43. The van der Waals surface area contributed by atoms with Gasteiger partial charge in [0.25, 0.3) is 17.2 Å². The largest absolute Gasteiger partial charge is 0.497 e. The van der Waals surface area contributed by atoms with Gasteiger partial charge >= 0.3 is 0 Å². The zero-order valence-corrected chi connectivity index (χ0v) is 27.1. The summed E-state index contributed by atoms with van der Waals surface area (Å²) in [5.41, 5.74) is 1.49. The first-order valence-corrected chi connectivity index (χ1v) is 15.9. The molecule has 0 saturated carbocycles. The summed E-state index contributed by atoms with van der Waals surface area (Å²) >= 11 is 2.46. The molecule has 1 atom stereocenters. The van der Waals surface area contributed by atoms with Gasteiger partial charge in [0.15, 0.2) is 4.80 Å². The average molecular weight is 645 g/mol. The molecule has 0 spiro atoms. The molecule has 12 heteroatoms. The number of ether oxygens (including phenoxy) is 2. The summed E-state index contributed by atoms with van der Waals surface area (Å²) in [6.45, 7) is 6.53. The van der Waals surface area contributed by atoms with E-state index in [0.29, 0.717) is 61.2 Å². The van der Waals surface area contributed by atoms with Crippen molar-refractivity contribution in [2.45, 2.75) is 36.6 Å². The lowest BCUT2D eigenvalue weighted by molar-refractivity contribution is -0.387. The quantitative estimate of drug-likeness (QED) is 0.173. The third-order valence-corrected chi connectivity index (χ3v) is 9.54. The molecule has 4 aromatic rings. The second-order valence-corrected chi connectivity index (χ2v) is 12.2. The smallest absolute Gasteiger partial charge is 0.283 e. The van der Waals surface area contributed by atoms with Crippen LogP contribution in [-0.2, 0) is 4.79 Å². The number of likely N-dealkylation sites (N-methyl/N-ethyl adjacent to an activating group) is 1. The van der Waals surface area contributed by atoms with Gasteiger partial charge in [-0.3, -0.25) is 24.3 Å². The number of methoxy groups -OCH3 is 2. The minimum Gasteiger partial charge on any atom is -0.497 e. The van der Waals surface area contributed by atoms with Gasteiger partial charge in [0.2, 0.25) is 0 Å². The number of benzene rings is 3. The Hall–Kier alpha value is -4.68. The number of nitrogens with zero attached hydrogens (tertiary/aromatic N) is 4. The minimum atomic E-state index is -0.847. The van der Waals surface area contributed by atoms with E-state index in [0.717, 1.165) is 16.2 Å². The molecule has 1 aromatic heterocycles. The number of allylic oxidation sites excluding steroid dienone is 1. The van der Waals surface area contributed by atoms with Gasteiger partial charge in [-0.15, -0.1) is 0 Å². The van der Waals surface area contributed by atoms with Gasteiger partial charge in [-0.05, 0) is 68.8 Å². The van der Waals surface area contributed by atoms with E-state index in [2.05, 4.69) is 0 Å². The molecule has 0 fully saturated rings. The normalized spacial score (nSPS) is 14.5. The van der Waals surface area contributed by atoms with Gasteiger partial charge in [0.05, 0.1) is 39.8 Å². The molecule has 0 radical (unpaired) electrons. The molecular weight excluding hydrogens is 613 g/mol. The van der Waals surface area contributed by atoms with Crippen molar-refractivity contribution in [1.82, 2.24) is 9.47 Å². The molecule has 2 heterocycles. The van der Waals surface area contributed by atoms with E-state index in [4.69, 9.17) is 14.5 Å². The molecule has 0 saturated heterocycles. The number of hydrogen-bond acceptors (Lipinski definition) is 9. The molecule has 45 heavy (non-hydrogen) atoms. The number of fused-ring (bicyclic) bond motifs is 1. The van der Waals surface area contributed by atoms with Crippen molar-refractivity contribution in [2.75, 3.05) is 27.3 Å². The highest BCUT2D eigenvalue weighted by Gasteiger charge is 2.36. The molecule has 0 unspecified atom stereocenters. The average Bonchev–Trinajstić information content (AvgIpc) is 3.35. The molecule has 232 valence electrons. The fraction of sp³-hybridized carbons (Fsp3) is 0.242. The van der Waals surface area contributed by atoms with Crippen LogP contribution in [-0.4, -0.2) is 47.6 Å². The SMILES string of the molecule is CCN(CC)C(=O)C1=C(C)N=c2s/c(=C\c3ccc(Sc4ccccc4)c([N+](=O)[O-])c3)c(=O)n2[C@H]1c1cc(OC)ccc1OC. The van der Waals surface area contributed by atoms with Crippen molar-refractivity contribution in [3.05, 3.63) is 119 Å². The molecule has 0 bridgehead atoms.